The second-order valence-electron chi connectivity index (χ2n) is 3.81. The van der Waals surface area contributed by atoms with Crippen molar-refractivity contribution in [1.29, 1.82) is 0 Å². The van der Waals surface area contributed by atoms with E-state index in [2.05, 4.69) is 48.8 Å². The second kappa shape index (κ2) is 6.31. The van der Waals surface area contributed by atoms with Crippen LogP contribution >= 0.6 is 38.5 Å². The quantitative estimate of drug-likeness (QED) is 0.708. The van der Waals surface area contributed by atoms with Crippen LogP contribution in [0.1, 0.15) is 20.7 Å². The highest BCUT2D eigenvalue weighted by molar-refractivity contribution is 14.1. The Morgan fingerprint density at radius 1 is 1.25 bits per heavy atom. The number of pyridine rings is 1. The Bertz CT molecular complexity index is 691. The summed E-state index contributed by atoms with van der Waals surface area (Å²) in [5.74, 6) is -1.23. The van der Waals surface area contributed by atoms with E-state index in [0.29, 0.717) is 10.0 Å². The smallest absolute Gasteiger partial charge is 0.335 e. The minimum absolute atomic E-state index is 0.0667. The van der Waals surface area contributed by atoms with Crippen LogP contribution in [0.2, 0.25) is 0 Å². The SMILES string of the molecule is O=C(O)c1ccnc(NC(=O)c2cc(I)ccc2Br)c1. The Labute approximate surface area is 136 Å². The van der Waals surface area contributed by atoms with Crippen LogP contribution in [-0.4, -0.2) is 22.0 Å². The van der Waals surface area contributed by atoms with Crippen molar-refractivity contribution in [3.63, 3.8) is 0 Å². The standard InChI is InChI=1S/C13H8BrIN2O3/c14-10-2-1-8(15)6-9(10)12(18)17-11-5-7(13(19)20)3-4-16-11/h1-6H,(H,19,20)(H,16,17,18). The maximum absolute atomic E-state index is 12.1. The maximum Gasteiger partial charge on any atom is 0.335 e. The van der Waals surface area contributed by atoms with Gasteiger partial charge in [0.05, 0.1) is 11.1 Å². The summed E-state index contributed by atoms with van der Waals surface area (Å²) in [7, 11) is 0. The van der Waals surface area contributed by atoms with Crippen molar-refractivity contribution < 1.29 is 14.7 Å². The van der Waals surface area contributed by atoms with Gasteiger partial charge >= 0.3 is 5.97 Å². The summed E-state index contributed by atoms with van der Waals surface area (Å²) in [6.07, 6.45) is 1.34. The van der Waals surface area contributed by atoms with Gasteiger partial charge in [0.15, 0.2) is 0 Å². The molecule has 0 saturated carbocycles. The molecule has 1 aromatic heterocycles. The van der Waals surface area contributed by atoms with Crippen LogP contribution in [0.3, 0.4) is 0 Å². The van der Waals surface area contributed by atoms with E-state index in [1.165, 1.54) is 18.3 Å². The maximum atomic E-state index is 12.1. The van der Waals surface area contributed by atoms with Crippen LogP contribution in [0, 0.1) is 3.57 Å². The molecule has 5 nitrogen and oxygen atoms in total. The molecule has 2 N–H and O–H groups in total. The third kappa shape index (κ3) is 3.54. The van der Waals surface area contributed by atoms with E-state index in [1.807, 2.05) is 6.07 Å². The first-order valence-electron chi connectivity index (χ1n) is 5.43. The van der Waals surface area contributed by atoms with Gasteiger partial charge in [0.25, 0.3) is 5.91 Å². The molecule has 102 valence electrons. The van der Waals surface area contributed by atoms with Crippen molar-refractivity contribution in [2.75, 3.05) is 5.32 Å². The largest absolute Gasteiger partial charge is 0.478 e. The molecule has 20 heavy (non-hydrogen) atoms. The summed E-state index contributed by atoms with van der Waals surface area (Å²) in [4.78, 5) is 26.9. The average molecular weight is 447 g/mol. The summed E-state index contributed by atoms with van der Waals surface area (Å²) in [5, 5.41) is 11.5. The Hall–Kier alpha value is -1.48. The predicted molar refractivity (Wildman–Crippen MR) is 86.0 cm³/mol. The fourth-order valence-corrected chi connectivity index (χ4v) is 2.40. The second-order valence-corrected chi connectivity index (χ2v) is 5.91. The fourth-order valence-electron chi connectivity index (χ4n) is 1.49. The molecule has 0 saturated heterocycles. The Kier molecular flexibility index (Phi) is 4.71. The zero-order valence-electron chi connectivity index (χ0n) is 9.93. The van der Waals surface area contributed by atoms with Gasteiger partial charge in [0, 0.05) is 14.2 Å². The van der Waals surface area contributed by atoms with E-state index in [-0.39, 0.29) is 17.3 Å². The third-order valence-corrected chi connectivity index (χ3v) is 3.78. The molecule has 0 aliphatic carbocycles. The summed E-state index contributed by atoms with van der Waals surface area (Å²) in [5.41, 5.74) is 0.524. The lowest BCUT2D eigenvalue weighted by Gasteiger charge is -2.07. The minimum Gasteiger partial charge on any atom is -0.478 e. The number of aromatic nitrogens is 1. The number of aromatic carboxylic acids is 1. The number of carboxylic acids is 1. The lowest BCUT2D eigenvalue weighted by atomic mass is 10.2. The van der Waals surface area contributed by atoms with Gasteiger partial charge in [0.1, 0.15) is 5.82 Å². The molecule has 0 spiro atoms. The van der Waals surface area contributed by atoms with Crippen molar-refractivity contribution in [2.24, 2.45) is 0 Å². The van der Waals surface area contributed by atoms with E-state index in [1.54, 1.807) is 12.1 Å². The number of carbonyl (C=O) groups is 2. The van der Waals surface area contributed by atoms with Gasteiger partial charge in [-0.3, -0.25) is 4.79 Å². The molecule has 0 bridgehead atoms. The molecule has 1 amide bonds. The van der Waals surface area contributed by atoms with Crippen molar-refractivity contribution in [3.8, 4) is 0 Å². The minimum atomic E-state index is -1.07. The number of halogens is 2. The van der Waals surface area contributed by atoms with E-state index in [9.17, 15) is 9.59 Å². The zero-order chi connectivity index (χ0) is 14.7. The molecule has 1 aromatic carbocycles. The van der Waals surface area contributed by atoms with Gasteiger partial charge < -0.3 is 10.4 Å². The number of carbonyl (C=O) groups excluding carboxylic acids is 1. The summed E-state index contributed by atoms with van der Waals surface area (Å²) < 4.78 is 1.58. The molecule has 1 heterocycles. The van der Waals surface area contributed by atoms with Gasteiger partial charge in [0.2, 0.25) is 0 Å². The van der Waals surface area contributed by atoms with Crippen LogP contribution in [0.4, 0.5) is 5.82 Å². The fraction of sp³-hybridized carbons (Fsp3) is 0. The van der Waals surface area contributed by atoms with Crippen molar-refractivity contribution in [1.82, 2.24) is 4.98 Å². The van der Waals surface area contributed by atoms with Crippen molar-refractivity contribution in [2.45, 2.75) is 0 Å². The Morgan fingerprint density at radius 2 is 2.00 bits per heavy atom. The lowest BCUT2D eigenvalue weighted by Crippen LogP contribution is -2.14. The molecule has 0 fully saturated rings. The van der Waals surface area contributed by atoms with Gasteiger partial charge in [-0.05, 0) is 68.9 Å². The number of hydrogen-bond acceptors (Lipinski definition) is 3. The highest BCUT2D eigenvalue weighted by Crippen LogP contribution is 2.20. The van der Waals surface area contributed by atoms with Crippen LogP contribution < -0.4 is 5.32 Å². The molecule has 0 atom stereocenters. The monoisotopic (exact) mass is 446 g/mol. The van der Waals surface area contributed by atoms with Gasteiger partial charge in [-0.15, -0.1) is 0 Å². The number of anilines is 1. The third-order valence-electron chi connectivity index (χ3n) is 2.42. The predicted octanol–water partition coefficient (Wildman–Crippen LogP) is 3.40. The average Bonchev–Trinajstić information content (AvgIpc) is 2.41. The molecule has 2 rings (SSSR count). The highest BCUT2D eigenvalue weighted by Gasteiger charge is 2.12. The number of benzene rings is 1. The first kappa shape index (κ1) is 14.9. The van der Waals surface area contributed by atoms with E-state index in [4.69, 9.17) is 5.11 Å². The van der Waals surface area contributed by atoms with Crippen LogP contribution in [0.25, 0.3) is 0 Å². The molecule has 0 unspecified atom stereocenters. The number of nitrogens with zero attached hydrogens (tertiary/aromatic N) is 1. The molecule has 7 heteroatoms. The lowest BCUT2D eigenvalue weighted by molar-refractivity contribution is 0.0696. The first-order valence-corrected chi connectivity index (χ1v) is 7.30. The number of hydrogen-bond donors (Lipinski definition) is 2. The van der Waals surface area contributed by atoms with Gasteiger partial charge in [-0.1, -0.05) is 0 Å². The van der Waals surface area contributed by atoms with Crippen LogP contribution in [-0.2, 0) is 0 Å². The molecular weight excluding hydrogens is 439 g/mol. The molecule has 0 radical (unpaired) electrons. The zero-order valence-corrected chi connectivity index (χ0v) is 13.7. The van der Waals surface area contributed by atoms with E-state index >= 15 is 0 Å². The summed E-state index contributed by atoms with van der Waals surface area (Å²) >= 11 is 5.41. The number of amides is 1. The van der Waals surface area contributed by atoms with E-state index < -0.39 is 5.97 Å². The topological polar surface area (TPSA) is 79.3 Å². The van der Waals surface area contributed by atoms with Crippen molar-refractivity contribution in [3.05, 3.63) is 55.7 Å². The molecule has 0 aliphatic rings. The van der Waals surface area contributed by atoms with Crippen LogP contribution in [0.5, 0.6) is 0 Å². The molecule has 2 aromatic rings. The highest BCUT2D eigenvalue weighted by atomic mass is 127. The van der Waals surface area contributed by atoms with E-state index in [0.717, 1.165) is 3.57 Å². The summed E-state index contributed by atoms with van der Waals surface area (Å²) in [6.45, 7) is 0. The van der Waals surface area contributed by atoms with Gasteiger partial charge in [-0.25, -0.2) is 9.78 Å². The number of nitrogens with one attached hydrogen (secondary N) is 1. The Morgan fingerprint density at radius 3 is 2.70 bits per heavy atom. The number of rotatable bonds is 3. The van der Waals surface area contributed by atoms with Crippen molar-refractivity contribution >= 4 is 56.2 Å². The normalized spacial score (nSPS) is 10.1. The molecular formula is C13H8BrIN2O3. The van der Waals surface area contributed by atoms with Gasteiger partial charge in [-0.2, -0.15) is 0 Å². The summed E-state index contributed by atoms with van der Waals surface area (Å²) in [6, 6.07) is 8.03. The number of carboxylic acid groups (broad SMARTS) is 1. The Balaban J connectivity index is 2.25. The molecule has 0 aliphatic heterocycles. The first-order chi connectivity index (χ1) is 9.47. The van der Waals surface area contributed by atoms with Crippen LogP contribution in [0.15, 0.2) is 41.0 Å².